The Balaban J connectivity index is 2.63. The number of nitrogens with one attached hydrogen (secondary N) is 1. The summed E-state index contributed by atoms with van der Waals surface area (Å²) in [7, 11) is 0. The summed E-state index contributed by atoms with van der Waals surface area (Å²) in [5.74, 6) is 1.97. The van der Waals surface area contributed by atoms with Gasteiger partial charge in [-0.25, -0.2) is 4.98 Å². The molecule has 1 aromatic heterocycles. The van der Waals surface area contributed by atoms with Gasteiger partial charge in [0.05, 0.1) is 22.4 Å². The molecule has 0 saturated carbocycles. The summed E-state index contributed by atoms with van der Waals surface area (Å²) in [6.45, 7) is 1.74. The Morgan fingerprint density at radius 3 is 2.74 bits per heavy atom. The predicted molar refractivity (Wildman–Crippen MR) is 66.4 cm³/mol. The number of carbonyl (C=O) groups is 1. The van der Waals surface area contributed by atoms with Crippen molar-refractivity contribution in [1.29, 1.82) is 0 Å². The lowest BCUT2D eigenvalue weighted by Crippen LogP contribution is -2.31. The van der Waals surface area contributed by atoms with Crippen molar-refractivity contribution >= 4 is 17.7 Å². The van der Waals surface area contributed by atoms with Crippen molar-refractivity contribution in [2.24, 2.45) is 0 Å². The van der Waals surface area contributed by atoms with Crippen LogP contribution in [-0.4, -0.2) is 22.7 Å². The maximum Gasteiger partial charge on any atom is 0.417 e. The van der Waals surface area contributed by atoms with Gasteiger partial charge in [-0.3, -0.25) is 4.79 Å². The molecule has 1 aromatic rings. The standard InChI is InChI=1S/C12H11F3N2OS/c1-3-6-16-11(18)8(2)19-10-5-4-9(7-17-10)12(13,14)15/h1,4-5,7-8H,6H2,2H3,(H,16,18). The molecule has 1 atom stereocenters. The summed E-state index contributed by atoms with van der Waals surface area (Å²) in [4.78, 5) is 15.2. The van der Waals surface area contributed by atoms with Crippen LogP contribution < -0.4 is 5.32 Å². The van der Waals surface area contributed by atoms with Gasteiger partial charge >= 0.3 is 6.18 Å². The third-order valence-corrected chi connectivity index (χ3v) is 3.15. The van der Waals surface area contributed by atoms with Gasteiger partial charge < -0.3 is 5.32 Å². The second-order valence-corrected chi connectivity index (χ2v) is 4.93. The highest BCUT2D eigenvalue weighted by molar-refractivity contribution is 8.00. The molecule has 0 spiro atoms. The fourth-order valence-corrected chi connectivity index (χ4v) is 1.95. The highest BCUT2D eigenvalue weighted by atomic mass is 32.2. The molecule has 19 heavy (non-hydrogen) atoms. The fourth-order valence-electron chi connectivity index (χ4n) is 1.13. The zero-order valence-electron chi connectivity index (χ0n) is 9.99. The van der Waals surface area contributed by atoms with Crippen LogP contribution in [0.4, 0.5) is 13.2 Å². The quantitative estimate of drug-likeness (QED) is 0.683. The summed E-state index contributed by atoms with van der Waals surface area (Å²) in [5, 5.41) is 2.34. The van der Waals surface area contributed by atoms with Gasteiger partial charge in [-0.2, -0.15) is 13.2 Å². The van der Waals surface area contributed by atoms with Crippen LogP contribution >= 0.6 is 11.8 Å². The molecule has 7 heteroatoms. The molecule has 1 heterocycles. The average molecular weight is 288 g/mol. The molecule has 1 rings (SSSR count). The number of nitrogens with zero attached hydrogens (tertiary/aromatic N) is 1. The minimum Gasteiger partial charge on any atom is -0.344 e. The van der Waals surface area contributed by atoms with E-state index in [0.29, 0.717) is 5.03 Å². The van der Waals surface area contributed by atoms with Crippen molar-refractivity contribution in [2.75, 3.05) is 6.54 Å². The van der Waals surface area contributed by atoms with Crippen LogP contribution in [0.2, 0.25) is 0 Å². The molecule has 0 aliphatic rings. The lowest BCUT2D eigenvalue weighted by Gasteiger charge is -2.11. The van der Waals surface area contributed by atoms with Gasteiger partial charge in [-0.05, 0) is 19.1 Å². The molecule has 0 bridgehead atoms. The molecular formula is C12H11F3N2OS. The van der Waals surface area contributed by atoms with Crippen LogP contribution in [0.25, 0.3) is 0 Å². The van der Waals surface area contributed by atoms with Crippen LogP contribution in [-0.2, 0) is 11.0 Å². The Kier molecular flexibility index (Phi) is 5.24. The van der Waals surface area contributed by atoms with Crippen molar-refractivity contribution < 1.29 is 18.0 Å². The monoisotopic (exact) mass is 288 g/mol. The number of terminal acetylenes is 1. The van der Waals surface area contributed by atoms with E-state index in [9.17, 15) is 18.0 Å². The third kappa shape index (κ3) is 4.83. The van der Waals surface area contributed by atoms with Crippen LogP contribution in [0.15, 0.2) is 23.4 Å². The molecule has 0 aliphatic carbocycles. The molecule has 1 unspecified atom stereocenters. The number of rotatable bonds is 4. The van der Waals surface area contributed by atoms with Gasteiger partial charge in [0, 0.05) is 6.20 Å². The average Bonchev–Trinajstić information content (AvgIpc) is 2.35. The summed E-state index contributed by atoms with van der Waals surface area (Å²) < 4.78 is 37.0. The molecule has 0 fully saturated rings. The number of carbonyl (C=O) groups excluding carboxylic acids is 1. The van der Waals surface area contributed by atoms with Gasteiger partial charge in [0.2, 0.25) is 5.91 Å². The van der Waals surface area contributed by atoms with Gasteiger partial charge in [0.1, 0.15) is 0 Å². The summed E-state index contributed by atoms with van der Waals surface area (Å²) in [6, 6.07) is 2.17. The summed E-state index contributed by atoms with van der Waals surface area (Å²) >= 11 is 1.06. The zero-order valence-corrected chi connectivity index (χ0v) is 10.8. The first-order valence-corrected chi connectivity index (χ1v) is 6.13. The van der Waals surface area contributed by atoms with E-state index in [-0.39, 0.29) is 12.5 Å². The predicted octanol–water partition coefficient (Wildman–Crippen LogP) is 2.33. The summed E-state index contributed by atoms with van der Waals surface area (Å²) in [6.07, 6.45) is 1.33. The van der Waals surface area contributed by atoms with Crippen LogP contribution in [0, 0.1) is 12.3 Å². The lowest BCUT2D eigenvalue weighted by molar-refractivity contribution is -0.137. The van der Waals surface area contributed by atoms with Crippen LogP contribution in [0.5, 0.6) is 0 Å². The van der Waals surface area contributed by atoms with E-state index in [4.69, 9.17) is 6.42 Å². The second-order valence-electron chi connectivity index (χ2n) is 3.56. The molecule has 3 nitrogen and oxygen atoms in total. The van der Waals surface area contributed by atoms with E-state index in [0.717, 1.165) is 24.0 Å². The Morgan fingerprint density at radius 2 is 2.26 bits per heavy atom. The van der Waals surface area contributed by atoms with E-state index in [1.54, 1.807) is 6.92 Å². The van der Waals surface area contributed by atoms with Crippen molar-refractivity contribution in [3.63, 3.8) is 0 Å². The van der Waals surface area contributed by atoms with E-state index in [1.165, 1.54) is 6.07 Å². The Labute approximate surface area is 113 Å². The van der Waals surface area contributed by atoms with Crippen molar-refractivity contribution in [1.82, 2.24) is 10.3 Å². The summed E-state index contributed by atoms with van der Waals surface area (Å²) in [5.41, 5.74) is -0.818. The first-order chi connectivity index (χ1) is 8.84. The number of pyridine rings is 1. The lowest BCUT2D eigenvalue weighted by atomic mass is 10.3. The molecule has 102 valence electrons. The van der Waals surface area contributed by atoms with E-state index in [1.807, 2.05) is 0 Å². The van der Waals surface area contributed by atoms with Gasteiger partial charge in [-0.1, -0.05) is 17.7 Å². The van der Waals surface area contributed by atoms with Crippen LogP contribution in [0.3, 0.4) is 0 Å². The van der Waals surface area contributed by atoms with E-state index >= 15 is 0 Å². The normalized spacial score (nSPS) is 12.6. The van der Waals surface area contributed by atoms with Crippen molar-refractivity contribution in [3.05, 3.63) is 23.9 Å². The topological polar surface area (TPSA) is 42.0 Å². The number of hydrogen-bond donors (Lipinski definition) is 1. The van der Waals surface area contributed by atoms with Gasteiger partial charge in [0.25, 0.3) is 0 Å². The Morgan fingerprint density at radius 1 is 1.58 bits per heavy atom. The number of aromatic nitrogens is 1. The highest BCUT2D eigenvalue weighted by Gasteiger charge is 2.30. The first kappa shape index (κ1) is 15.4. The smallest absolute Gasteiger partial charge is 0.344 e. The number of thioether (sulfide) groups is 1. The minimum absolute atomic E-state index is 0.115. The van der Waals surface area contributed by atoms with Crippen molar-refractivity contribution in [3.8, 4) is 12.3 Å². The molecule has 1 amide bonds. The first-order valence-electron chi connectivity index (χ1n) is 5.25. The van der Waals surface area contributed by atoms with Crippen molar-refractivity contribution in [2.45, 2.75) is 23.4 Å². The maximum atomic E-state index is 12.3. The molecule has 0 aromatic carbocycles. The number of halogens is 3. The SMILES string of the molecule is C#CCNC(=O)C(C)Sc1ccc(C(F)(F)F)cn1. The molecule has 1 N–H and O–H groups in total. The second kappa shape index (κ2) is 6.48. The molecule has 0 aliphatic heterocycles. The van der Waals surface area contributed by atoms with Crippen LogP contribution in [0.1, 0.15) is 12.5 Å². The highest BCUT2D eigenvalue weighted by Crippen LogP contribution is 2.30. The number of amides is 1. The Bertz CT molecular complexity index is 479. The minimum atomic E-state index is -4.41. The maximum absolute atomic E-state index is 12.3. The van der Waals surface area contributed by atoms with Gasteiger partial charge in [0.15, 0.2) is 0 Å². The largest absolute Gasteiger partial charge is 0.417 e. The zero-order chi connectivity index (χ0) is 14.5. The Hall–Kier alpha value is -1.68. The molecular weight excluding hydrogens is 277 g/mol. The third-order valence-electron chi connectivity index (χ3n) is 2.10. The number of alkyl halides is 3. The molecule has 0 saturated heterocycles. The van der Waals surface area contributed by atoms with Gasteiger partial charge in [-0.15, -0.1) is 6.42 Å². The molecule has 0 radical (unpaired) electrons. The van der Waals surface area contributed by atoms with E-state index in [2.05, 4.69) is 16.2 Å². The number of hydrogen-bond acceptors (Lipinski definition) is 3. The fraction of sp³-hybridized carbons (Fsp3) is 0.333. The van der Waals surface area contributed by atoms with E-state index < -0.39 is 17.0 Å².